The van der Waals surface area contributed by atoms with Crippen molar-refractivity contribution in [2.45, 2.75) is 213 Å². The van der Waals surface area contributed by atoms with E-state index < -0.39 is 32.5 Å². The van der Waals surface area contributed by atoms with Crippen LogP contribution in [-0.2, 0) is 32.7 Å². The minimum absolute atomic E-state index is 0.00773. The Labute approximate surface area is 538 Å². The number of nitrogens with zero attached hydrogens (tertiary/aromatic N) is 1. The summed E-state index contributed by atoms with van der Waals surface area (Å²) in [5.41, 5.74) is 0. The Morgan fingerprint density at radius 2 is 0.614 bits per heavy atom. The van der Waals surface area contributed by atoms with Crippen LogP contribution in [0.1, 0.15) is 206 Å². The second-order valence-electron chi connectivity index (χ2n) is 22.4. The number of esters is 2. The maximum Gasteiger partial charge on any atom is 0.472 e. The fraction of sp³-hybridized carbons (Fsp3) is 0.513. The van der Waals surface area contributed by atoms with Gasteiger partial charge in [-0.15, -0.1) is 0 Å². The minimum atomic E-state index is -4.42. The maximum absolute atomic E-state index is 12.9. The molecule has 0 aromatic carbocycles. The molecule has 0 aliphatic rings. The SMILES string of the molecule is CC/C=C\C/C=C\C/C=C\C/C=C\C/C=C\C/C=C\C/C=C\C/C=C\C/C=C\C/C=C\C/C=C\CCCCCC(=O)OC(COC(=O)CCCCCCC/C=C\C/C=C\C/C=C\C/C=C\C/C=C\C/C=C\C/C=C\CC)COP(=O)(O)OCC[N+](C)(C)C. The lowest BCUT2D eigenvalue weighted by Gasteiger charge is -2.24. The number of carbonyl (C=O) groups is 2. The molecule has 0 fully saturated rings. The van der Waals surface area contributed by atoms with Gasteiger partial charge in [0.2, 0.25) is 0 Å². The number of hydrogen-bond acceptors (Lipinski definition) is 7. The Morgan fingerprint density at radius 3 is 0.920 bits per heavy atom. The van der Waals surface area contributed by atoms with E-state index in [-0.39, 0.29) is 26.1 Å². The summed E-state index contributed by atoms with van der Waals surface area (Å²) in [4.78, 5) is 35.8. The molecule has 0 bridgehead atoms. The molecular formula is C78H121NO8P+. The summed E-state index contributed by atoms with van der Waals surface area (Å²) >= 11 is 0. The van der Waals surface area contributed by atoms with Gasteiger partial charge in [-0.25, -0.2) is 4.57 Å². The van der Waals surface area contributed by atoms with Crippen LogP contribution in [0, 0.1) is 0 Å². The normalized spacial score (nSPS) is 14.6. The molecule has 0 saturated carbocycles. The van der Waals surface area contributed by atoms with E-state index in [4.69, 9.17) is 18.5 Å². The van der Waals surface area contributed by atoms with E-state index in [1.54, 1.807) is 0 Å². The first kappa shape index (κ1) is 82.3. The number of carbonyl (C=O) groups excluding carboxylic acids is 2. The van der Waals surface area contributed by atoms with Gasteiger partial charge in [0.15, 0.2) is 6.10 Å². The second kappa shape index (κ2) is 65.8. The highest BCUT2D eigenvalue weighted by molar-refractivity contribution is 7.47. The highest BCUT2D eigenvalue weighted by atomic mass is 31.2. The number of allylic oxidation sites excluding steroid dienone is 36. The highest BCUT2D eigenvalue weighted by Gasteiger charge is 2.27. The third-order valence-electron chi connectivity index (χ3n) is 13.0. The van der Waals surface area contributed by atoms with Crippen molar-refractivity contribution in [3.63, 3.8) is 0 Å². The van der Waals surface area contributed by atoms with Gasteiger partial charge in [0.1, 0.15) is 19.8 Å². The quantitative estimate of drug-likeness (QED) is 0.0211. The van der Waals surface area contributed by atoms with Gasteiger partial charge >= 0.3 is 19.8 Å². The summed E-state index contributed by atoms with van der Waals surface area (Å²) in [7, 11) is 1.40. The van der Waals surface area contributed by atoms with E-state index in [1.165, 1.54) is 0 Å². The Hall–Kier alpha value is -5.67. The van der Waals surface area contributed by atoms with E-state index in [2.05, 4.69) is 233 Å². The molecule has 0 aliphatic carbocycles. The van der Waals surface area contributed by atoms with Crippen LogP contribution in [0.5, 0.6) is 0 Å². The number of hydrogen-bond donors (Lipinski definition) is 1. The monoisotopic (exact) mass is 1230 g/mol. The predicted molar refractivity (Wildman–Crippen MR) is 380 cm³/mol. The molecule has 9 nitrogen and oxygen atoms in total. The van der Waals surface area contributed by atoms with Gasteiger partial charge < -0.3 is 18.9 Å². The molecule has 88 heavy (non-hydrogen) atoms. The van der Waals surface area contributed by atoms with Gasteiger partial charge in [-0.2, -0.15) is 0 Å². The maximum atomic E-state index is 12.9. The molecule has 0 aromatic rings. The van der Waals surface area contributed by atoms with Crippen molar-refractivity contribution in [2.75, 3.05) is 47.5 Å². The number of rotatable bonds is 58. The molecular weight excluding hydrogens is 1110 g/mol. The Bertz CT molecular complexity index is 2280. The zero-order chi connectivity index (χ0) is 64.1. The fourth-order valence-electron chi connectivity index (χ4n) is 7.94. The zero-order valence-corrected chi connectivity index (χ0v) is 56.5. The summed E-state index contributed by atoms with van der Waals surface area (Å²) in [6, 6.07) is 0. The number of quaternary nitrogens is 1. The summed E-state index contributed by atoms with van der Waals surface area (Å²) < 4.78 is 34.6. The van der Waals surface area contributed by atoms with Crippen molar-refractivity contribution < 1.29 is 42.1 Å². The first-order valence-corrected chi connectivity index (χ1v) is 35.0. The standard InChI is InChI=1S/C78H120NO8P/c1-6-8-10-12-14-16-18-20-22-24-26-28-30-32-34-35-36-37-38-39-40-41-42-43-45-47-49-51-53-55-57-59-61-63-65-67-69-71-78(81)87-76(75-86-88(82,83)85-73-72-79(3,4)5)74-84-77(80)70-68-66-64-62-60-58-56-54-52-50-48-46-44-33-31-29-27-25-23-21-19-17-15-13-11-9-7-2/h8-11,14-17,20-23,26-29,32-34,36-37,39-40,42-44,47-50,53-56,59,61,76H,6-7,12-13,18-19,24-25,30-31,35,38,41,45-46,51-52,57-58,60,62-75H2,1-5H3/p+1/b10-8-,11-9-,16-14-,17-15-,22-20-,23-21-,28-26-,29-27-,34-32-,37-36-,40-39-,43-42-,44-33-,49-47-,50-48-,55-53-,56-54-,61-59-. The lowest BCUT2D eigenvalue weighted by Crippen LogP contribution is -2.37. The van der Waals surface area contributed by atoms with Gasteiger partial charge in [0.05, 0.1) is 27.7 Å². The van der Waals surface area contributed by atoms with Crippen LogP contribution in [-0.4, -0.2) is 74.9 Å². The highest BCUT2D eigenvalue weighted by Crippen LogP contribution is 2.43. The average molecular weight is 1230 g/mol. The fourth-order valence-corrected chi connectivity index (χ4v) is 8.68. The molecule has 2 atom stereocenters. The Morgan fingerprint density at radius 1 is 0.352 bits per heavy atom. The van der Waals surface area contributed by atoms with E-state index in [0.717, 1.165) is 167 Å². The zero-order valence-electron chi connectivity index (χ0n) is 55.6. The summed E-state index contributed by atoms with van der Waals surface area (Å²) in [6.07, 6.45) is 106. The van der Waals surface area contributed by atoms with Gasteiger partial charge in [0.25, 0.3) is 0 Å². The van der Waals surface area contributed by atoms with E-state index >= 15 is 0 Å². The number of likely N-dealkylation sites (N-methyl/N-ethyl adjacent to an activating group) is 1. The molecule has 1 N–H and O–H groups in total. The third kappa shape index (κ3) is 69.4. The van der Waals surface area contributed by atoms with Crippen LogP contribution in [0.4, 0.5) is 0 Å². The van der Waals surface area contributed by atoms with Crippen LogP contribution in [0.15, 0.2) is 219 Å². The summed E-state index contributed by atoms with van der Waals surface area (Å²) in [5, 5.41) is 0. The molecule has 0 amide bonds. The van der Waals surface area contributed by atoms with E-state index in [1.807, 2.05) is 21.1 Å². The topological polar surface area (TPSA) is 108 Å². The molecule has 10 heteroatoms. The lowest BCUT2D eigenvalue weighted by atomic mass is 10.1. The predicted octanol–water partition coefficient (Wildman–Crippen LogP) is 22.0. The second-order valence-corrected chi connectivity index (χ2v) is 23.8. The lowest BCUT2D eigenvalue weighted by molar-refractivity contribution is -0.870. The average Bonchev–Trinajstić information content (AvgIpc) is 3.68. The molecule has 0 aliphatic heterocycles. The van der Waals surface area contributed by atoms with Crippen LogP contribution >= 0.6 is 7.82 Å². The van der Waals surface area contributed by atoms with Gasteiger partial charge in [-0.3, -0.25) is 18.6 Å². The minimum Gasteiger partial charge on any atom is -0.462 e. The Balaban J connectivity index is 4.30. The molecule has 0 saturated heterocycles. The van der Waals surface area contributed by atoms with Crippen LogP contribution in [0.2, 0.25) is 0 Å². The first-order chi connectivity index (χ1) is 43.0. The molecule has 0 radical (unpaired) electrons. The van der Waals surface area contributed by atoms with Crippen molar-refractivity contribution >= 4 is 19.8 Å². The van der Waals surface area contributed by atoms with Crippen LogP contribution in [0.25, 0.3) is 0 Å². The molecule has 0 rings (SSSR count). The number of phosphoric ester groups is 1. The van der Waals surface area contributed by atoms with Crippen molar-refractivity contribution in [3.8, 4) is 0 Å². The number of unbranched alkanes of at least 4 members (excludes halogenated alkanes) is 8. The third-order valence-corrected chi connectivity index (χ3v) is 14.0. The van der Waals surface area contributed by atoms with Crippen LogP contribution < -0.4 is 0 Å². The number of ether oxygens (including phenoxy) is 2. The van der Waals surface area contributed by atoms with Crippen molar-refractivity contribution in [2.24, 2.45) is 0 Å². The van der Waals surface area contributed by atoms with Gasteiger partial charge in [-0.1, -0.05) is 258 Å². The van der Waals surface area contributed by atoms with E-state index in [9.17, 15) is 19.0 Å². The van der Waals surface area contributed by atoms with Gasteiger partial charge in [0, 0.05) is 12.8 Å². The largest absolute Gasteiger partial charge is 0.472 e. The van der Waals surface area contributed by atoms with E-state index in [0.29, 0.717) is 23.9 Å². The Kier molecular flexibility index (Phi) is 61.5. The summed E-state index contributed by atoms with van der Waals surface area (Å²) in [5.74, 6) is -0.879. The molecule has 490 valence electrons. The smallest absolute Gasteiger partial charge is 0.462 e. The molecule has 0 spiro atoms. The molecule has 0 aromatic heterocycles. The molecule has 2 unspecified atom stereocenters. The molecule has 0 heterocycles. The number of phosphoric acid groups is 1. The van der Waals surface area contributed by atoms with Crippen LogP contribution in [0.3, 0.4) is 0 Å². The first-order valence-electron chi connectivity index (χ1n) is 33.5. The van der Waals surface area contributed by atoms with Gasteiger partial charge in [-0.05, 0) is 154 Å². The summed E-state index contributed by atoms with van der Waals surface area (Å²) in [6.45, 7) is 4.10. The van der Waals surface area contributed by atoms with Crippen molar-refractivity contribution in [3.05, 3.63) is 219 Å². The van der Waals surface area contributed by atoms with Crippen molar-refractivity contribution in [1.29, 1.82) is 0 Å². The van der Waals surface area contributed by atoms with Crippen molar-refractivity contribution in [1.82, 2.24) is 0 Å².